The lowest BCUT2D eigenvalue weighted by Gasteiger charge is -2.07. The maximum Gasteiger partial charge on any atom is 0.433 e. The lowest BCUT2D eigenvalue weighted by atomic mass is 10.4. The third-order valence-electron chi connectivity index (χ3n) is 1.31. The van der Waals surface area contributed by atoms with Crippen molar-refractivity contribution in [1.29, 1.82) is 0 Å². The maximum absolute atomic E-state index is 12.2. The molecular formula is C7H6F3N3O3. The molecule has 0 bridgehead atoms. The van der Waals surface area contributed by atoms with Gasteiger partial charge in [-0.25, -0.2) is 20.2 Å². The molecule has 0 unspecified atom stereocenters. The van der Waals surface area contributed by atoms with E-state index < -0.39 is 30.4 Å². The van der Waals surface area contributed by atoms with Crippen LogP contribution in [0.1, 0.15) is 5.69 Å². The van der Waals surface area contributed by atoms with Gasteiger partial charge < -0.3 is 5.11 Å². The number of aliphatic carboxylic acids is 1. The van der Waals surface area contributed by atoms with E-state index in [1.54, 1.807) is 0 Å². The Morgan fingerprint density at radius 3 is 2.81 bits per heavy atom. The molecule has 1 rings (SSSR count). The van der Waals surface area contributed by atoms with Gasteiger partial charge in [0.05, 0.1) is 0 Å². The minimum atomic E-state index is -4.59. The molecule has 0 spiro atoms. The second-order valence-electron chi connectivity index (χ2n) is 2.55. The summed E-state index contributed by atoms with van der Waals surface area (Å²) in [5.74, 6) is -1.74. The van der Waals surface area contributed by atoms with Crippen molar-refractivity contribution in [3.63, 3.8) is 0 Å². The molecule has 9 heteroatoms. The molecule has 0 fully saturated rings. The number of rotatable bonds is 4. The third kappa shape index (κ3) is 3.69. The van der Waals surface area contributed by atoms with Crippen molar-refractivity contribution in [2.24, 2.45) is 0 Å². The standard InChI is InChI=1S/C7H6F3N3O3/c8-7(9,10)4-1-2-11-6(12-4)13-16-3-5(14)15/h1-2H,3H2,(H,14,15)(H,11,12,13). The first kappa shape index (κ1) is 12.2. The van der Waals surface area contributed by atoms with E-state index in [2.05, 4.69) is 14.8 Å². The molecule has 1 aromatic rings. The summed E-state index contributed by atoms with van der Waals surface area (Å²) in [6.45, 7) is -0.723. The molecule has 0 amide bonds. The molecule has 1 heterocycles. The van der Waals surface area contributed by atoms with Crippen molar-refractivity contribution >= 4 is 11.9 Å². The van der Waals surface area contributed by atoms with Gasteiger partial charge in [0, 0.05) is 6.20 Å². The quantitative estimate of drug-likeness (QED) is 0.757. The first-order valence-electron chi connectivity index (χ1n) is 3.89. The number of carboxylic acids is 1. The third-order valence-corrected chi connectivity index (χ3v) is 1.31. The fraction of sp³-hybridized carbons (Fsp3) is 0.286. The average molecular weight is 237 g/mol. The number of aromatic nitrogens is 2. The Morgan fingerprint density at radius 1 is 1.56 bits per heavy atom. The molecule has 0 aliphatic heterocycles. The number of carboxylic acid groups (broad SMARTS) is 1. The van der Waals surface area contributed by atoms with Gasteiger partial charge in [-0.05, 0) is 6.07 Å². The number of hydrogen-bond donors (Lipinski definition) is 2. The fourth-order valence-corrected chi connectivity index (χ4v) is 0.728. The van der Waals surface area contributed by atoms with Crippen molar-refractivity contribution in [3.8, 4) is 0 Å². The highest BCUT2D eigenvalue weighted by molar-refractivity contribution is 5.68. The number of nitrogens with zero attached hydrogens (tertiary/aromatic N) is 2. The summed E-state index contributed by atoms with van der Waals surface area (Å²) in [6, 6.07) is 0.683. The second-order valence-corrected chi connectivity index (χ2v) is 2.55. The van der Waals surface area contributed by atoms with E-state index in [9.17, 15) is 18.0 Å². The van der Waals surface area contributed by atoms with Crippen LogP contribution in [0.4, 0.5) is 19.1 Å². The van der Waals surface area contributed by atoms with Gasteiger partial charge in [-0.2, -0.15) is 13.2 Å². The van der Waals surface area contributed by atoms with Crippen LogP contribution in [-0.4, -0.2) is 27.7 Å². The molecule has 16 heavy (non-hydrogen) atoms. The van der Waals surface area contributed by atoms with E-state index in [0.29, 0.717) is 6.07 Å². The molecule has 0 saturated carbocycles. The van der Waals surface area contributed by atoms with Crippen LogP contribution in [0, 0.1) is 0 Å². The normalized spacial score (nSPS) is 11.2. The number of hydrogen-bond acceptors (Lipinski definition) is 5. The van der Waals surface area contributed by atoms with Crippen molar-refractivity contribution in [2.75, 3.05) is 12.1 Å². The molecule has 0 saturated heterocycles. The van der Waals surface area contributed by atoms with E-state index in [1.165, 1.54) is 0 Å². The van der Waals surface area contributed by atoms with E-state index in [4.69, 9.17) is 5.11 Å². The Balaban J connectivity index is 2.64. The van der Waals surface area contributed by atoms with Gasteiger partial charge in [0.15, 0.2) is 6.61 Å². The molecule has 88 valence electrons. The van der Waals surface area contributed by atoms with Crippen molar-refractivity contribution < 1.29 is 27.9 Å². The first-order valence-corrected chi connectivity index (χ1v) is 3.89. The highest BCUT2D eigenvalue weighted by Crippen LogP contribution is 2.27. The van der Waals surface area contributed by atoms with Gasteiger partial charge in [0.25, 0.3) is 0 Å². The van der Waals surface area contributed by atoms with E-state index >= 15 is 0 Å². The predicted octanol–water partition coefficient (Wildman–Crippen LogP) is 0.923. The summed E-state index contributed by atoms with van der Waals surface area (Å²) in [7, 11) is 0. The Labute approximate surface area is 87.0 Å². The summed E-state index contributed by atoms with van der Waals surface area (Å²) >= 11 is 0. The number of halogens is 3. The SMILES string of the molecule is O=C(O)CONc1nccc(C(F)(F)F)n1. The number of anilines is 1. The van der Waals surface area contributed by atoms with Crippen LogP contribution < -0.4 is 5.48 Å². The topological polar surface area (TPSA) is 84.3 Å². The second kappa shape index (κ2) is 4.75. The number of nitrogens with one attached hydrogen (secondary N) is 1. The number of alkyl halides is 3. The maximum atomic E-state index is 12.2. The van der Waals surface area contributed by atoms with Crippen molar-refractivity contribution in [1.82, 2.24) is 9.97 Å². The van der Waals surface area contributed by atoms with Gasteiger partial charge in [-0.3, -0.25) is 4.84 Å². The molecule has 0 radical (unpaired) electrons. The van der Waals surface area contributed by atoms with Gasteiger partial charge in [-0.15, -0.1) is 0 Å². The van der Waals surface area contributed by atoms with Crippen molar-refractivity contribution in [3.05, 3.63) is 18.0 Å². The largest absolute Gasteiger partial charge is 0.479 e. The molecular weight excluding hydrogens is 231 g/mol. The van der Waals surface area contributed by atoms with Crippen LogP contribution in [-0.2, 0) is 15.8 Å². The minimum absolute atomic E-state index is 0.462. The Hall–Kier alpha value is -1.90. The molecule has 0 aliphatic carbocycles. The fourth-order valence-electron chi connectivity index (χ4n) is 0.728. The molecule has 0 aromatic carbocycles. The van der Waals surface area contributed by atoms with E-state index in [1.807, 2.05) is 5.48 Å². The molecule has 0 aliphatic rings. The average Bonchev–Trinajstić information content (AvgIpc) is 2.16. The highest BCUT2D eigenvalue weighted by atomic mass is 19.4. The monoisotopic (exact) mass is 237 g/mol. The summed E-state index contributed by atoms with van der Waals surface area (Å²) in [4.78, 5) is 20.8. The lowest BCUT2D eigenvalue weighted by Crippen LogP contribution is -2.15. The van der Waals surface area contributed by atoms with Crippen LogP contribution in [0.2, 0.25) is 0 Å². The zero-order valence-electron chi connectivity index (χ0n) is 7.65. The number of carbonyl (C=O) groups is 1. The van der Waals surface area contributed by atoms with Crippen LogP contribution in [0.3, 0.4) is 0 Å². The molecule has 1 aromatic heterocycles. The van der Waals surface area contributed by atoms with Crippen LogP contribution in [0.25, 0.3) is 0 Å². The zero-order chi connectivity index (χ0) is 12.2. The lowest BCUT2D eigenvalue weighted by molar-refractivity contribution is -0.142. The van der Waals surface area contributed by atoms with Gasteiger partial charge in [0.1, 0.15) is 5.69 Å². The Morgan fingerprint density at radius 2 is 2.25 bits per heavy atom. The summed E-state index contributed by atoms with van der Waals surface area (Å²) in [5.41, 5.74) is 0.736. The first-order chi connectivity index (χ1) is 7.39. The van der Waals surface area contributed by atoms with Crippen molar-refractivity contribution in [2.45, 2.75) is 6.18 Å². The molecule has 6 nitrogen and oxygen atoms in total. The molecule has 0 atom stereocenters. The smallest absolute Gasteiger partial charge is 0.433 e. The van der Waals surface area contributed by atoms with Gasteiger partial charge in [-0.1, -0.05) is 0 Å². The highest BCUT2D eigenvalue weighted by Gasteiger charge is 2.32. The van der Waals surface area contributed by atoms with Crippen LogP contribution in [0.5, 0.6) is 0 Å². The summed E-state index contributed by atoms with van der Waals surface area (Å²) in [5, 5.41) is 8.19. The van der Waals surface area contributed by atoms with Gasteiger partial charge >= 0.3 is 12.1 Å². The zero-order valence-corrected chi connectivity index (χ0v) is 7.65. The van der Waals surface area contributed by atoms with Gasteiger partial charge in [0.2, 0.25) is 5.95 Å². The van der Waals surface area contributed by atoms with E-state index in [-0.39, 0.29) is 0 Å². The minimum Gasteiger partial charge on any atom is -0.479 e. The Kier molecular flexibility index (Phi) is 3.61. The summed E-state index contributed by atoms with van der Waals surface area (Å²) < 4.78 is 36.5. The van der Waals surface area contributed by atoms with Crippen LogP contribution >= 0.6 is 0 Å². The predicted molar refractivity (Wildman–Crippen MR) is 44.2 cm³/mol. The Bertz CT molecular complexity index is 383. The molecule has 2 N–H and O–H groups in total. The van der Waals surface area contributed by atoms with Crippen LogP contribution in [0.15, 0.2) is 12.3 Å². The van der Waals surface area contributed by atoms with E-state index in [0.717, 1.165) is 6.20 Å². The summed E-state index contributed by atoms with van der Waals surface area (Å²) in [6.07, 6.45) is -3.71.